The van der Waals surface area contributed by atoms with Crippen molar-refractivity contribution in [1.82, 2.24) is 5.32 Å². The van der Waals surface area contributed by atoms with Crippen molar-refractivity contribution in [1.29, 1.82) is 0 Å². The molecule has 0 heterocycles. The van der Waals surface area contributed by atoms with Gasteiger partial charge in [-0.25, -0.2) is 4.79 Å². The highest BCUT2D eigenvalue weighted by Gasteiger charge is 2.23. The van der Waals surface area contributed by atoms with E-state index in [1.807, 2.05) is 107 Å². The number of hydrogen-bond acceptors (Lipinski definition) is 4. The third kappa shape index (κ3) is 7.09. The molecule has 0 aliphatic rings. The lowest BCUT2D eigenvalue weighted by Crippen LogP contribution is -2.45. The Morgan fingerprint density at radius 1 is 0.969 bits per heavy atom. The van der Waals surface area contributed by atoms with Crippen molar-refractivity contribution < 1.29 is 19.4 Å². The summed E-state index contributed by atoms with van der Waals surface area (Å²) in [5.74, 6) is -0.158. The zero-order valence-electron chi connectivity index (χ0n) is 17.3. The van der Waals surface area contributed by atoms with Crippen molar-refractivity contribution >= 4 is 62.9 Å². The molecule has 0 bridgehead atoms. The highest BCUT2D eigenvalue weighted by Crippen LogP contribution is 2.28. The average molecular weight is 656 g/mol. The molecule has 0 aliphatic carbocycles. The number of amides is 2. The topological polar surface area (TPSA) is 87.7 Å². The van der Waals surface area contributed by atoms with Crippen LogP contribution in [0, 0.1) is 14.1 Å². The Labute approximate surface area is 214 Å². The van der Waals surface area contributed by atoms with Crippen LogP contribution in [0.5, 0.6) is 5.75 Å². The van der Waals surface area contributed by atoms with Gasteiger partial charge in [-0.2, -0.15) is 0 Å². The molecule has 0 radical (unpaired) electrons. The number of ether oxygens (including phenoxy) is 1. The number of benzene rings is 3. The Balaban J connectivity index is 1.74. The quantitative estimate of drug-likeness (QED) is 0.298. The smallest absolute Gasteiger partial charge is 0.408 e. The first-order valence-corrected chi connectivity index (χ1v) is 12.0. The second-order valence-corrected chi connectivity index (χ2v) is 9.55. The minimum atomic E-state index is -0.865. The third-order valence-electron chi connectivity index (χ3n) is 4.66. The molecule has 3 N–H and O–H groups in total. The van der Waals surface area contributed by atoms with Gasteiger partial charge in [-0.05, 0) is 87.5 Å². The summed E-state index contributed by atoms with van der Waals surface area (Å²) in [7, 11) is 0. The van der Waals surface area contributed by atoms with Gasteiger partial charge >= 0.3 is 6.09 Å². The van der Waals surface area contributed by atoms with E-state index < -0.39 is 12.1 Å². The van der Waals surface area contributed by atoms with Gasteiger partial charge in [0.1, 0.15) is 18.4 Å². The number of halogens is 2. The molecule has 0 aliphatic heterocycles. The number of rotatable bonds is 7. The summed E-state index contributed by atoms with van der Waals surface area (Å²) >= 11 is 4.08. The van der Waals surface area contributed by atoms with E-state index in [2.05, 4.69) is 10.6 Å². The van der Waals surface area contributed by atoms with E-state index in [0.29, 0.717) is 12.8 Å². The van der Waals surface area contributed by atoms with Crippen molar-refractivity contribution in [3.05, 3.63) is 90.6 Å². The van der Waals surface area contributed by atoms with Crippen LogP contribution in [0.4, 0.5) is 10.5 Å². The zero-order chi connectivity index (χ0) is 23.1. The predicted octanol–water partition coefficient (Wildman–Crippen LogP) is 5.39. The highest BCUT2D eigenvalue weighted by molar-refractivity contribution is 14.1. The lowest BCUT2D eigenvalue weighted by Gasteiger charge is -2.19. The van der Waals surface area contributed by atoms with Crippen LogP contribution in [0.2, 0.25) is 0 Å². The Morgan fingerprint density at radius 3 is 2.22 bits per heavy atom. The monoisotopic (exact) mass is 656 g/mol. The van der Waals surface area contributed by atoms with Crippen molar-refractivity contribution in [3.63, 3.8) is 0 Å². The molecule has 0 unspecified atom stereocenters. The minimum absolute atomic E-state index is 0.105. The molecule has 3 rings (SSSR count). The maximum Gasteiger partial charge on any atom is 0.408 e. The van der Waals surface area contributed by atoms with Gasteiger partial charge in [0.25, 0.3) is 0 Å². The number of nitrogens with one attached hydrogen (secondary N) is 2. The molecular formula is C24H22I2N2O4. The zero-order valence-corrected chi connectivity index (χ0v) is 21.6. The number of carbonyl (C=O) groups is 2. The van der Waals surface area contributed by atoms with Gasteiger partial charge in [0, 0.05) is 12.1 Å². The Bertz CT molecular complexity index is 1070. The second kappa shape index (κ2) is 11.5. The first-order valence-electron chi connectivity index (χ1n) is 9.83. The van der Waals surface area contributed by atoms with Crippen LogP contribution in [0.25, 0.3) is 0 Å². The number of alkyl carbamates (subject to hydrolysis) is 1. The van der Waals surface area contributed by atoms with Crippen LogP contribution < -0.4 is 10.6 Å². The number of carbonyl (C=O) groups excluding carboxylic acids is 2. The number of phenols is 1. The van der Waals surface area contributed by atoms with Crippen LogP contribution >= 0.6 is 45.2 Å². The average Bonchev–Trinajstić information content (AvgIpc) is 2.78. The molecule has 3 aromatic carbocycles. The fourth-order valence-corrected chi connectivity index (χ4v) is 4.85. The van der Waals surface area contributed by atoms with Crippen molar-refractivity contribution in [3.8, 4) is 5.75 Å². The molecule has 0 saturated heterocycles. The molecule has 0 aromatic heterocycles. The lowest BCUT2D eigenvalue weighted by atomic mass is 10.0. The standard InChI is InChI=1S/C24H22I2N2O4/c1-15-7-9-18(10-8-15)27-23(30)21(13-17-11-19(25)22(29)20(26)12-17)28-24(31)32-14-16-5-3-2-4-6-16/h2-12,21,29H,13-14H2,1H3,(H,27,30)(H,28,31)/t21-/m0/s1. The summed E-state index contributed by atoms with van der Waals surface area (Å²) in [4.78, 5) is 25.5. The fourth-order valence-electron chi connectivity index (χ4n) is 2.95. The van der Waals surface area contributed by atoms with E-state index in [0.717, 1.165) is 16.7 Å². The number of aryl methyl sites for hydroxylation is 1. The Hall–Kier alpha value is -2.34. The molecule has 8 heteroatoms. The normalized spacial score (nSPS) is 11.5. The Morgan fingerprint density at radius 2 is 1.59 bits per heavy atom. The van der Waals surface area contributed by atoms with E-state index >= 15 is 0 Å². The summed E-state index contributed by atoms with van der Waals surface area (Å²) in [6.45, 7) is 2.07. The molecular weight excluding hydrogens is 634 g/mol. The highest BCUT2D eigenvalue weighted by atomic mass is 127. The summed E-state index contributed by atoms with van der Waals surface area (Å²) in [5, 5.41) is 15.6. The van der Waals surface area contributed by atoms with Gasteiger partial charge in [0.2, 0.25) is 5.91 Å². The van der Waals surface area contributed by atoms with Gasteiger partial charge in [0.05, 0.1) is 7.14 Å². The minimum Gasteiger partial charge on any atom is -0.506 e. The maximum atomic E-state index is 13.0. The van der Waals surface area contributed by atoms with Crippen LogP contribution in [-0.2, 0) is 22.6 Å². The van der Waals surface area contributed by atoms with Crippen LogP contribution in [0.1, 0.15) is 16.7 Å². The largest absolute Gasteiger partial charge is 0.506 e. The number of anilines is 1. The van der Waals surface area contributed by atoms with E-state index in [4.69, 9.17) is 4.74 Å². The maximum absolute atomic E-state index is 13.0. The van der Waals surface area contributed by atoms with Crippen LogP contribution in [0.3, 0.4) is 0 Å². The van der Waals surface area contributed by atoms with Crippen molar-refractivity contribution in [2.45, 2.75) is 26.0 Å². The van der Waals surface area contributed by atoms with Crippen LogP contribution in [-0.4, -0.2) is 23.1 Å². The Kier molecular flexibility index (Phi) is 8.74. The fraction of sp³-hybridized carbons (Fsp3) is 0.167. The number of phenolic OH excluding ortho intramolecular Hbond substituents is 1. The van der Waals surface area contributed by atoms with E-state index in [1.54, 1.807) is 12.1 Å². The molecule has 2 amide bonds. The summed E-state index contributed by atoms with van der Waals surface area (Å²) < 4.78 is 6.66. The molecule has 0 saturated carbocycles. The summed E-state index contributed by atoms with van der Waals surface area (Å²) in [5.41, 5.74) is 3.38. The second-order valence-electron chi connectivity index (χ2n) is 7.23. The van der Waals surface area contributed by atoms with E-state index in [-0.39, 0.29) is 24.7 Å². The van der Waals surface area contributed by atoms with E-state index in [1.165, 1.54) is 0 Å². The first kappa shape index (κ1) is 24.3. The van der Waals surface area contributed by atoms with Gasteiger partial charge in [0.15, 0.2) is 0 Å². The van der Waals surface area contributed by atoms with E-state index in [9.17, 15) is 14.7 Å². The van der Waals surface area contributed by atoms with Gasteiger partial charge in [-0.3, -0.25) is 4.79 Å². The lowest BCUT2D eigenvalue weighted by molar-refractivity contribution is -0.118. The molecule has 0 spiro atoms. The summed E-state index contributed by atoms with van der Waals surface area (Å²) in [6.07, 6.45) is -0.439. The third-order valence-corrected chi connectivity index (χ3v) is 6.30. The molecule has 166 valence electrons. The van der Waals surface area contributed by atoms with Crippen molar-refractivity contribution in [2.24, 2.45) is 0 Å². The SMILES string of the molecule is Cc1ccc(NC(=O)[C@H](Cc2cc(I)c(O)c(I)c2)NC(=O)OCc2ccccc2)cc1. The number of hydrogen-bond donors (Lipinski definition) is 3. The summed E-state index contributed by atoms with van der Waals surface area (Å²) in [6, 6.07) is 19.5. The molecule has 1 atom stereocenters. The predicted molar refractivity (Wildman–Crippen MR) is 141 cm³/mol. The van der Waals surface area contributed by atoms with Gasteiger partial charge in [-0.15, -0.1) is 0 Å². The molecule has 6 nitrogen and oxygen atoms in total. The molecule has 3 aromatic rings. The molecule has 32 heavy (non-hydrogen) atoms. The van der Waals surface area contributed by atoms with Crippen LogP contribution in [0.15, 0.2) is 66.7 Å². The van der Waals surface area contributed by atoms with Crippen molar-refractivity contribution in [2.75, 3.05) is 5.32 Å². The number of aromatic hydroxyl groups is 1. The van der Waals surface area contributed by atoms with Gasteiger partial charge < -0.3 is 20.5 Å². The first-order chi connectivity index (χ1) is 15.3. The van der Waals surface area contributed by atoms with Gasteiger partial charge in [-0.1, -0.05) is 48.0 Å². The molecule has 0 fully saturated rings.